The lowest BCUT2D eigenvalue weighted by Crippen LogP contribution is -2.23. The first-order valence-corrected chi connectivity index (χ1v) is 10.7. The molecule has 1 atom stereocenters. The molecule has 0 unspecified atom stereocenters. The summed E-state index contributed by atoms with van der Waals surface area (Å²) in [6.45, 7) is 3.43. The molecule has 0 saturated heterocycles. The van der Waals surface area contributed by atoms with Gasteiger partial charge in [0.25, 0.3) is 5.56 Å². The van der Waals surface area contributed by atoms with Crippen molar-refractivity contribution in [3.8, 4) is 11.3 Å². The number of rotatable bonds is 7. The standard InChI is InChI=1S/C21H20ClN5O3S/c1-3-17(28)24-16-7-5-4-6-15(16)18-20(30)25-21(27-26-18)31-12(2)19(29)23-14-10-8-13(22)9-11-14/h4-12H,3H2,1-2H3,(H,23,29)(H,24,28)(H,25,27,30)/t12-/m1/s1. The molecule has 31 heavy (non-hydrogen) atoms. The third kappa shape index (κ3) is 5.93. The highest BCUT2D eigenvalue weighted by Gasteiger charge is 2.18. The summed E-state index contributed by atoms with van der Waals surface area (Å²) in [6, 6.07) is 13.6. The quantitative estimate of drug-likeness (QED) is 0.462. The summed E-state index contributed by atoms with van der Waals surface area (Å²) in [4.78, 5) is 39.4. The molecule has 2 aromatic carbocycles. The first kappa shape index (κ1) is 22.5. The molecule has 0 aliphatic heterocycles. The number of thioether (sulfide) groups is 1. The van der Waals surface area contributed by atoms with Crippen LogP contribution in [0.3, 0.4) is 0 Å². The van der Waals surface area contributed by atoms with Crippen LogP contribution in [0.5, 0.6) is 0 Å². The van der Waals surface area contributed by atoms with Crippen molar-refractivity contribution in [1.29, 1.82) is 0 Å². The number of halogens is 1. The molecule has 0 aliphatic carbocycles. The molecular formula is C21H20ClN5O3S. The van der Waals surface area contributed by atoms with E-state index in [1.165, 1.54) is 0 Å². The lowest BCUT2D eigenvalue weighted by Gasteiger charge is -2.12. The summed E-state index contributed by atoms with van der Waals surface area (Å²) < 4.78 is 0. The van der Waals surface area contributed by atoms with E-state index >= 15 is 0 Å². The van der Waals surface area contributed by atoms with Crippen LogP contribution in [0.25, 0.3) is 11.3 Å². The average molecular weight is 458 g/mol. The van der Waals surface area contributed by atoms with Gasteiger partial charge in [-0.1, -0.05) is 48.5 Å². The molecule has 2 amide bonds. The number of carbonyl (C=O) groups excluding carboxylic acids is 2. The van der Waals surface area contributed by atoms with E-state index < -0.39 is 10.8 Å². The van der Waals surface area contributed by atoms with Gasteiger partial charge in [0.2, 0.25) is 11.8 Å². The summed E-state index contributed by atoms with van der Waals surface area (Å²) in [5.74, 6) is -0.434. The van der Waals surface area contributed by atoms with Crippen LogP contribution < -0.4 is 16.2 Å². The summed E-state index contributed by atoms with van der Waals surface area (Å²) in [6.07, 6.45) is 0.307. The number of hydrogen-bond acceptors (Lipinski definition) is 6. The Labute approximate surface area is 187 Å². The maximum Gasteiger partial charge on any atom is 0.278 e. The molecule has 3 aromatic rings. The van der Waals surface area contributed by atoms with Crippen LogP contribution in [0, 0.1) is 0 Å². The lowest BCUT2D eigenvalue weighted by molar-refractivity contribution is -0.116. The first-order chi connectivity index (χ1) is 14.9. The highest BCUT2D eigenvalue weighted by atomic mass is 35.5. The SMILES string of the molecule is CCC(=O)Nc1ccccc1-c1nnc(S[C@H](C)C(=O)Nc2ccc(Cl)cc2)[nH]c1=O. The molecule has 0 spiro atoms. The average Bonchev–Trinajstić information content (AvgIpc) is 2.76. The van der Waals surface area contributed by atoms with Gasteiger partial charge in [0.15, 0.2) is 10.9 Å². The maximum atomic E-state index is 12.6. The second kappa shape index (κ2) is 10.2. The molecule has 0 radical (unpaired) electrons. The Balaban J connectivity index is 1.74. The third-order valence-corrected chi connectivity index (χ3v) is 5.45. The maximum absolute atomic E-state index is 12.6. The van der Waals surface area contributed by atoms with Gasteiger partial charge in [-0.2, -0.15) is 0 Å². The normalized spacial score (nSPS) is 11.6. The molecule has 3 rings (SSSR count). The minimum absolute atomic E-state index is 0.0784. The Bertz CT molecular complexity index is 1150. The van der Waals surface area contributed by atoms with E-state index in [-0.39, 0.29) is 22.7 Å². The van der Waals surface area contributed by atoms with Gasteiger partial charge in [-0.25, -0.2) is 0 Å². The van der Waals surface area contributed by atoms with Gasteiger partial charge in [-0.15, -0.1) is 10.2 Å². The van der Waals surface area contributed by atoms with Crippen molar-refractivity contribution in [3.63, 3.8) is 0 Å². The molecule has 8 nitrogen and oxygen atoms in total. The minimum atomic E-state index is -0.539. The van der Waals surface area contributed by atoms with Crippen LogP contribution in [-0.4, -0.2) is 32.2 Å². The topological polar surface area (TPSA) is 117 Å². The fourth-order valence-corrected chi connectivity index (χ4v) is 3.45. The molecule has 10 heteroatoms. The van der Waals surface area contributed by atoms with Gasteiger partial charge in [0, 0.05) is 22.7 Å². The van der Waals surface area contributed by atoms with E-state index in [2.05, 4.69) is 25.8 Å². The molecule has 160 valence electrons. The minimum Gasteiger partial charge on any atom is -0.325 e. The lowest BCUT2D eigenvalue weighted by atomic mass is 10.1. The summed E-state index contributed by atoms with van der Waals surface area (Å²) in [5.41, 5.74) is 1.16. The van der Waals surface area contributed by atoms with E-state index in [1.54, 1.807) is 62.4 Å². The van der Waals surface area contributed by atoms with Crippen LogP contribution in [0.2, 0.25) is 5.02 Å². The van der Waals surface area contributed by atoms with Crippen molar-refractivity contribution < 1.29 is 9.59 Å². The van der Waals surface area contributed by atoms with Crippen molar-refractivity contribution in [2.24, 2.45) is 0 Å². The van der Waals surface area contributed by atoms with E-state index in [0.29, 0.717) is 28.4 Å². The van der Waals surface area contributed by atoms with Gasteiger partial charge in [-0.3, -0.25) is 19.4 Å². The zero-order chi connectivity index (χ0) is 22.4. The molecule has 0 bridgehead atoms. The van der Waals surface area contributed by atoms with Crippen molar-refractivity contribution >= 4 is 46.6 Å². The monoisotopic (exact) mass is 457 g/mol. The van der Waals surface area contributed by atoms with E-state index in [0.717, 1.165) is 11.8 Å². The number of benzene rings is 2. The highest BCUT2D eigenvalue weighted by Crippen LogP contribution is 2.25. The number of aromatic nitrogens is 3. The van der Waals surface area contributed by atoms with Gasteiger partial charge in [0.05, 0.1) is 10.9 Å². The Morgan fingerprint density at radius 2 is 1.81 bits per heavy atom. The number of amides is 2. The first-order valence-electron chi connectivity index (χ1n) is 9.46. The summed E-state index contributed by atoms with van der Waals surface area (Å²) >= 11 is 6.92. The molecular weight excluding hydrogens is 438 g/mol. The Morgan fingerprint density at radius 1 is 1.10 bits per heavy atom. The van der Waals surface area contributed by atoms with Crippen LogP contribution in [0.4, 0.5) is 11.4 Å². The van der Waals surface area contributed by atoms with Gasteiger partial charge in [0.1, 0.15) is 0 Å². The third-order valence-electron chi connectivity index (χ3n) is 4.22. The molecule has 0 saturated carbocycles. The molecule has 0 aliphatic rings. The largest absolute Gasteiger partial charge is 0.325 e. The summed E-state index contributed by atoms with van der Waals surface area (Å²) in [7, 11) is 0. The van der Waals surface area contributed by atoms with E-state index in [4.69, 9.17) is 11.6 Å². The second-order valence-corrected chi connectivity index (χ2v) is 8.28. The van der Waals surface area contributed by atoms with Crippen molar-refractivity contribution in [2.75, 3.05) is 10.6 Å². The zero-order valence-corrected chi connectivity index (χ0v) is 18.4. The predicted octanol–water partition coefficient (Wildman–Crippen LogP) is 3.95. The molecule has 0 fully saturated rings. The van der Waals surface area contributed by atoms with Crippen molar-refractivity contribution in [1.82, 2.24) is 15.2 Å². The Morgan fingerprint density at radius 3 is 2.48 bits per heavy atom. The number of para-hydroxylation sites is 1. The Kier molecular flexibility index (Phi) is 7.43. The number of H-pyrrole nitrogens is 1. The number of carbonyl (C=O) groups is 2. The Hall–Kier alpha value is -3.17. The van der Waals surface area contributed by atoms with Crippen LogP contribution in [-0.2, 0) is 9.59 Å². The second-order valence-electron chi connectivity index (χ2n) is 6.51. The van der Waals surface area contributed by atoms with Crippen LogP contribution >= 0.6 is 23.4 Å². The van der Waals surface area contributed by atoms with Crippen molar-refractivity contribution in [3.05, 3.63) is 63.9 Å². The smallest absolute Gasteiger partial charge is 0.278 e. The fourth-order valence-electron chi connectivity index (χ4n) is 2.59. The van der Waals surface area contributed by atoms with Gasteiger partial charge in [-0.05, 0) is 37.3 Å². The fraction of sp³-hybridized carbons (Fsp3) is 0.190. The molecule has 3 N–H and O–H groups in total. The highest BCUT2D eigenvalue weighted by molar-refractivity contribution is 8.00. The zero-order valence-electron chi connectivity index (χ0n) is 16.8. The molecule has 1 aromatic heterocycles. The number of hydrogen-bond donors (Lipinski definition) is 3. The van der Waals surface area contributed by atoms with Crippen LogP contribution in [0.1, 0.15) is 20.3 Å². The molecule has 1 heterocycles. The van der Waals surface area contributed by atoms with Crippen molar-refractivity contribution in [2.45, 2.75) is 30.7 Å². The number of anilines is 2. The van der Waals surface area contributed by atoms with Gasteiger partial charge >= 0.3 is 0 Å². The van der Waals surface area contributed by atoms with E-state index in [9.17, 15) is 14.4 Å². The number of aromatic amines is 1. The number of nitrogens with zero attached hydrogens (tertiary/aromatic N) is 2. The summed E-state index contributed by atoms with van der Waals surface area (Å²) in [5, 5.41) is 13.8. The number of nitrogens with one attached hydrogen (secondary N) is 3. The van der Waals surface area contributed by atoms with E-state index in [1.807, 2.05) is 0 Å². The van der Waals surface area contributed by atoms with Gasteiger partial charge < -0.3 is 10.6 Å². The van der Waals surface area contributed by atoms with Crippen LogP contribution in [0.15, 0.2) is 58.5 Å². The predicted molar refractivity (Wildman–Crippen MR) is 122 cm³/mol.